The topological polar surface area (TPSA) is 84.0 Å². The summed E-state index contributed by atoms with van der Waals surface area (Å²) in [5.74, 6) is 0.375. The van der Waals surface area contributed by atoms with Crippen LogP contribution in [0.25, 0.3) is 11.3 Å². The summed E-state index contributed by atoms with van der Waals surface area (Å²) in [4.78, 5) is 34.0. The average Bonchev–Trinajstić information content (AvgIpc) is 2.98. The van der Waals surface area contributed by atoms with E-state index in [9.17, 15) is 9.59 Å². The molecule has 0 radical (unpaired) electrons. The van der Waals surface area contributed by atoms with Crippen LogP contribution < -0.4 is 10.1 Å². The minimum atomic E-state index is -0.171. The summed E-state index contributed by atoms with van der Waals surface area (Å²) in [6.45, 7) is 8.46. The minimum absolute atomic E-state index is 0.0648. The Balaban J connectivity index is 1.59. The largest absolute Gasteiger partial charge is 0.491 e. The smallest absolute Gasteiger partial charge is 0.257 e. The van der Waals surface area contributed by atoms with Gasteiger partial charge in [-0.25, -0.2) is 0 Å². The van der Waals surface area contributed by atoms with E-state index in [0.717, 1.165) is 24.3 Å². The van der Waals surface area contributed by atoms with Gasteiger partial charge in [0.2, 0.25) is 5.91 Å². The molecule has 0 unspecified atom stereocenters. The molecule has 3 atom stereocenters. The van der Waals surface area contributed by atoms with E-state index in [-0.39, 0.29) is 29.9 Å². The number of amides is 2. The Morgan fingerprint density at radius 1 is 1.10 bits per heavy atom. The van der Waals surface area contributed by atoms with E-state index in [2.05, 4.69) is 53.3 Å². The summed E-state index contributed by atoms with van der Waals surface area (Å²) < 4.78 is 12.2. The molecule has 2 amide bonds. The first kappa shape index (κ1) is 29.2. The van der Waals surface area contributed by atoms with Crippen molar-refractivity contribution < 1.29 is 19.1 Å². The lowest BCUT2D eigenvalue weighted by atomic mass is 10.0. The molecule has 0 fully saturated rings. The highest BCUT2D eigenvalue weighted by molar-refractivity contribution is 5.99. The van der Waals surface area contributed by atoms with Gasteiger partial charge in [0.25, 0.3) is 5.91 Å². The Hall–Kier alpha value is -3.75. The molecule has 40 heavy (non-hydrogen) atoms. The normalized spacial score (nSPS) is 20.6. The van der Waals surface area contributed by atoms with Gasteiger partial charge < -0.3 is 19.7 Å². The van der Waals surface area contributed by atoms with Crippen molar-refractivity contribution in [3.63, 3.8) is 0 Å². The summed E-state index contributed by atoms with van der Waals surface area (Å²) in [6.07, 6.45) is 2.01. The van der Waals surface area contributed by atoms with Crippen molar-refractivity contribution in [1.29, 1.82) is 0 Å². The summed E-state index contributed by atoms with van der Waals surface area (Å²) in [7, 11) is 3.47. The predicted octanol–water partition coefficient (Wildman–Crippen LogP) is 5.10. The van der Waals surface area contributed by atoms with Gasteiger partial charge in [-0.05, 0) is 48.7 Å². The number of likely N-dealkylation sites (N-methyl/N-ethyl adjacent to an activating group) is 1. The van der Waals surface area contributed by atoms with Gasteiger partial charge in [0.05, 0.1) is 17.4 Å². The predicted molar refractivity (Wildman–Crippen MR) is 157 cm³/mol. The van der Waals surface area contributed by atoms with Crippen LogP contribution in [0, 0.1) is 5.92 Å². The van der Waals surface area contributed by atoms with E-state index in [1.54, 1.807) is 50.4 Å². The number of aromatic nitrogens is 1. The molecule has 8 heteroatoms. The molecule has 0 aliphatic carbocycles. The van der Waals surface area contributed by atoms with E-state index in [0.29, 0.717) is 36.6 Å². The number of anilines is 1. The second-order valence-electron chi connectivity index (χ2n) is 10.6. The highest BCUT2D eigenvalue weighted by atomic mass is 16.5. The molecule has 1 aliphatic rings. The van der Waals surface area contributed by atoms with E-state index < -0.39 is 0 Å². The molecule has 212 valence electrons. The zero-order valence-corrected chi connectivity index (χ0v) is 24.1. The number of hydrogen-bond acceptors (Lipinski definition) is 6. The zero-order valence-electron chi connectivity index (χ0n) is 24.1. The van der Waals surface area contributed by atoms with Crippen LogP contribution in [0.1, 0.15) is 43.1 Å². The number of carbonyl (C=O) groups is 2. The van der Waals surface area contributed by atoms with Crippen molar-refractivity contribution in [2.24, 2.45) is 5.92 Å². The van der Waals surface area contributed by atoms with E-state index in [1.165, 1.54) is 5.56 Å². The lowest BCUT2D eigenvalue weighted by molar-refractivity contribution is -0.115. The van der Waals surface area contributed by atoms with Crippen molar-refractivity contribution in [3.8, 4) is 17.0 Å². The highest BCUT2D eigenvalue weighted by Gasteiger charge is 2.28. The fourth-order valence-electron chi connectivity index (χ4n) is 4.95. The standard InChI is InChI=1S/C32H40N4O4/c1-6-31(37)34-26-14-15-29-27(17-26)32(38)35(4)20-30(39-5)22(2)18-36(23(3)21-40-29)19-24-10-12-25(13-11-24)28-9-7-8-16-33-28/h7-17,22-23,30H,6,18-21H2,1-5H3,(H,34,37)/t22-,23-,30-/m1/s1. The molecule has 2 heterocycles. The molecule has 2 aromatic carbocycles. The SMILES string of the molecule is CCC(=O)Nc1ccc2c(c1)C(=O)N(C)C[C@@H](OC)[C@H](C)CN(Cc1ccc(-c3ccccn3)cc1)[C@H](C)CO2. The number of nitrogens with zero attached hydrogens (tertiary/aromatic N) is 3. The van der Waals surface area contributed by atoms with Gasteiger partial charge in [-0.2, -0.15) is 0 Å². The van der Waals surface area contributed by atoms with Crippen molar-refractivity contribution in [3.05, 3.63) is 78.0 Å². The fraction of sp³-hybridized carbons (Fsp3) is 0.406. The van der Waals surface area contributed by atoms with Gasteiger partial charge in [-0.3, -0.25) is 19.5 Å². The molecule has 0 saturated carbocycles. The first-order valence-electron chi connectivity index (χ1n) is 13.9. The average molecular weight is 545 g/mol. The maximum atomic E-state index is 13.5. The van der Waals surface area contributed by atoms with Gasteiger partial charge in [0, 0.05) is 63.7 Å². The van der Waals surface area contributed by atoms with E-state index in [1.807, 2.05) is 18.2 Å². The van der Waals surface area contributed by atoms with Crippen molar-refractivity contribution >= 4 is 17.5 Å². The van der Waals surface area contributed by atoms with Crippen LogP contribution in [0.4, 0.5) is 5.69 Å². The molecule has 0 bridgehead atoms. The Labute approximate surface area is 237 Å². The minimum Gasteiger partial charge on any atom is -0.491 e. The number of ether oxygens (including phenoxy) is 2. The Kier molecular flexibility index (Phi) is 9.90. The molecule has 1 aromatic heterocycles. The molecule has 3 aromatic rings. The molecular weight excluding hydrogens is 504 g/mol. The maximum Gasteiger partial charge on any atom is 0.257 e. The third kappa shape index (κ3) is 7.25. The monoisotopic (exact) mass is 544 g/mol. The number of hydrogen-bond donors (Lipinski definition) is 1. The molecule has 4 rings (SSSR count). The quantitative estimate of drug-likeness (QED) is 0.465. The van der Waals surface area contributed by atoms with Gasteiger partial charge >= 0.3 is 0 Å². The van der Waals surface area contributed by atoms with Crippen molar-refractivity contribution in [2.45, 2.75) is 45.9 Å². The summed E-state index contributed by atoms with van der Waals surface area (Å²) in [5, 5.41) is 2.85. The zero-order chi connectivity index (χ0) is 28.6. The lowest BCUT2D eigenvalue weighted by Crippen LogP contribution is -2.46. The van der Waals surface area contributed by atoms with Crippen LogP contribution in [-0.2, 0) is 16.1 Å². The van der Waals surface area contributed by atoms with Crippen LogP contribution in [0.3, 0.4) is 0 Å². The Bertz CT molecular complexity index is 1280. The molecular formula is C32H40N4O4. The second-order valence-corrected chi connectivity index (χ2v) is 10.6. The third-order valence-electron chi connectivity index (χ3n) is 7.48. The lowest BCUT2D eigenvalue weighted by Gasteiger charge is -2.36. The molecule has 1 aliphatic heterocycles. The number of benzene rings is 2. The highest BCUT2D eigenvalue weighted by Crippen LogP contribution is 2.27. The van der Waals surface area contributed by atoms with Crippen LogP contribution >= 0.6 is 0 Å². The van der Waals surface area contributed by atoms with Crippen molar-refractivity contribution in [1.82, 2.24) is 14.8 Å². The molecule has 1 N–H and O–H groups in total. The Morgan fingerprint density at radius 3 is 2.55 bits per heavy atom. The van der Waals surface area contributed by atoms with E-state index in [4.69, 9.17) is 9.47 Å². The number of nitrogens with one attached hydrogen (secondary N) is 1. The van der Waals surface area contributed by atoms with E-state index >= 15 is 0 Å². The summed E-state index contributed by atoms with van der Waals surface area (Å²) >= 11 is 0. The molecule has 0 spiro atoms. The van der Waals surface area contributed by atoms with Crippen LogP contribution in [0.2, 0.25) is 0 Å². The Morgan fingerprint density at radius 2 is 1.88 bits per heavy atom. The number of methoxy groups -OCH3 is 1. The third-order valence-corrected chi connectivity index (χ3v) is 7.48. The van der Waals surface area contributed by atoms with Gasteiger partial charge in [-0.1, -0.05) is 44.2 Å². The summed E-state index contributed by atoms with van der Waals surface area (Å²) in [5.41, 5.74) is 4.23. The van der Waals surface area contributed by atoms with Crippen LogP contribution in [0.5, 0.6) is 5.75 Å². The van der Waals surface area contributed by atoms with Crippen molar-refractivity contribution in [2.75, 3.05) is 39.2 Å². The van der Waals surface area contributed by atoms with Gasteiger partial charge in [-0.15, -0.1) is 0 Å². The second kappa shape index (κ2) is 13.5. The number of rotatable bonds is 6. The first-order valence-corrected chi connectivity index (χ1v) is 13.9. The first-order chi connectivity index (χ1) is 19.3. The summed E-state index contributed by atoms with van der Waals surface area (Å²) in [6, 6.07) is 19.8. The number of pyridine rings is 1. The molecule has 8 nitrogen and oxygen atoms in total. The number of fused-ring (bicyclic) bond motifs is 1. The van der Waals surface area contributed by atoms with Crippen LogP contribution in [0.15, 0.2) is 66.9 Å². The number of carbonyl (C=O) groups excluding carboxylic acids is 2. The molecule has 0 saturated heterocycles. The van der Waals surface area contributed by atoms with Gasteiger partial charge in [0.1, 0.15) is 12.4 Å². The maximum absolute atomic E-state index is 13.5. The fourth-order valence-corrected chi connectivity index (χ4v) is 4.95. The van der Waals surface area contributed by atoms with Gasteiger partial charge in [0.15, 0.2) is 0 Å². The van der Waals surface area contributed by atoms with Crippen LogP contribution in [-0.4, -0.2) is 72.6 Å².